The van der Waals surface area contributed by atoms with Crippen LogP contribution in [0, 0.1) is 0 Å². The van der Waals surface area contributed by atoms with Gasteiger partial charge in [-0.3, -0.25) is 4.79 Å². The van der Waals surface area contributed by atoms with Gasteiger partial charge in [0.2, 0.25) is 11.7 Å². The van der Waals surface area contributed by atoms with Gasteiger partial charge >= 0.3 is 0 Å². The molecule has 0 unspecified atom stereocenters. The van der Waals surface area contributed by atoms with E-state index in [9.17, 15) is 4.79 Å². The molecule has 1 fully saturated rings. The summed E-state index contributed by atoms with van der Waals surface area (Å²) in [6.07, 6.45) is 5.32. The number of rotatable bonds is 7. The molecular weight excluding hydrogens is 430 g/mol. The lowest BCUT2D eigenvalue weighted by atomic mass is 9.93. The number of carbonyl (C=O) groups excluding carboxylic acids is 1. The smallest absolute Gasteiger partial charge is 0.254 e. The van der Waals surface area contributed by atoms with Crippen molar-refractivity contribution in [3.63, 3.8) is 0 Å². The highest BCUT2D eigenvalue weighted by Crippen LogP contribution is 2.32. The van der Waals surface area contributed by atoms with Crippen LogP contribution in [-0.4, -0.2) is 41.2 Å². The van der Waals surface area contributed by atoms with E-state index >= 15 is 0 Å². The molecule has 0 bridgehead atoms. The number of halogens is 1. The molecule has 2 aromatic carbocycles. The lowest BCUT2D eigenvalue weighted by Crippen LogP contribution is -2.41. The van der Waals surface area contributed by atoms with Crippen molar-refractivity contribution < 1.29 is 18.8 Å². The Morgan fingerprint density at radius 1 is 1.09 bits per heavy atom. The van der Waals surface area contributed by atoms with Crippen LogP contribution in [0.4, 0.5) is 0 Å². The van der Waals surface area contributed by atoms with E-state index in [1.807, 2.05) is 11.0 Å². The van der Waals surface area contributed by atoms with Crippen LogP contribution in [0.25, 0.3) is 11.4 Å². The first-order chi connectivity index (χ1) is 15.6. The monoisotopic (exact) mass is 455 g/mol. The molecule has 1 aromatic heterocycles. The maximum atomic E-state index is 13.4. The van der Waals surface area contributed by atoms with Crippen LogP contribution >= 0.6 is 11.6 Å². The Bertz CT molecular complexity index is 1080. The first-order valence-electron chi connectivity index (χ1n) is 10.7. The molecule has 32 heavy (non-hydrogen) atoms. The van der Waals surface area contributed by atoms with E-state index < -0.39 is 0 Å². The van der Waals surface area contributed by atoms with Gasteiger partial charge in [-0.05, 0) is 49.2 Å². The highest BCUT2D eigenvalue weighted by molar-refractivity contribution is 6.30. The lowest BCUT2D eigenvalue weighted by Gasteiger charge is -2.33. The number of ether oxygens (including phenoxy) is 2. The molecule has 1 heterocycles. The van der Waals surface area contributed by atoms with E-state index in [1.54, 1.807) is 50.6 Å². The molecule has 168 valence electrons. The Labute approximate surface area is 192 Å². The van der Waals surface area contributed by atoms with Gasteiger partial charge in [-0.2, -0.15) is 4.98 Å². The predicted molar refractivity (Wildman–Crippen MR) is 121 cm³/mol. The quantitative estimate of drug-likeness (QED) is 0.475. The van der Waals surface area contributed by atoms with Crippen molar-refractivity contribution in [2.24, 2.45) is 0 Å². The molecule has 1 amide bonds. The Hall–Kier alpha value is -3.06. The normalized spacial score (nSPS) is 14.2. The Morgan fingerprint density at radius 3 is 2.59 bits per heavy atom. The summed E-state index contributed by atoms with van der Waals surface area (Å²) >= 11 is 6.13. The SMILES string of the molecule is COc1ccc(-c2noc(CN(C(=O)c3cccc(Cl)c3)C3CCCCC3)n2)cc1OC. The minimum Gasteiger partial charge on any atom is -0.493 e. The van der Waals surface area contributed by atoms with Crippen molar-refractivity contribution in [1.82, 2.24) is 15.0 Å². The third-order valence-corrected chi connectivity index (χ3v) is 6.00. The van der Waals surface area contributed by atoms with Gasteiger partial charge in [0.1, 0.15) is 6.54 Å². The van der Waals surface area contributed by atoms with Crippen LogP contribution in [0.5, 0.6) is 11.5 Å². The summed E-state index contributed by atoms with van der Waals surface area (Å²) in [6, 6.07) is 12.6. The van der Waals surface area contributed by atoms with E-state index in [-0.39, 0.29) is 18.5 Å². The fourth-order valence-corrected chi connectivity index (χ4v) is 4.29. The number of amides is 1. The fraction of sp³-hybridized carbons (Fsp3) is 0.375. The van der Waals surface area contributed by atoms with Crippen LogP contribution < -0.4 is 9.47 Å². The standard InChI is InChI=1S/C24H26ClN3O4/c1-30-20-12-11-16(14-21(20)31-2)23-26-22(32-27-23)15-28(19-9-4-3-5-10-19)24(29)17-7-6-8-18(25)13-17/h6-8,11-14,19H,3-5,9-10,15H2,1-2H3. The Morgan fingerprint density at radius 2 is 1.88 bits per heavy atom. The molecule has 0 spiro atoms. The molecule has 1 aliphatic carbocycles. The number of aromatic nitrogens is 2. The molecule has 0 radical (unpaired) electrons. The van der Waals surface area contributed by atoms with Gasteiger partial charge in [-0.15, -0.1) is 0 Å². The summed E-state index contributed by atoms with van der Waals surface area (Å²) in [7, 11) is 3.16. The number of methoxy groups -OCH3 is 2. The van der Waals surface area contributed by atoms with Gasteiger partial charge in [0.05, 0.1) is 14.2 Å². The van der Waals surface area contributed by atoms with Crippen molar-refractivity contribution in [2.45, 2.75) is 44.7 Å². The number of hydrogen-bond donors (Lipinski definition) is 0. The van der Waals surface area contributed by atoms with Crippen molar-refractivity contribution in [3.05, 3.63) is 58.9 Å². The van der Waals surface area contributed by atoms with E-state index in [4.69, 9.17) is 25.6 Å². The van der Waals surface area contributed by atoms with Crippen LogP contribution in [0.1, 0.15) is 48.4 Å². The first kappa shape index (κ1) is 22.1. The van der Waals surface area contributed by atoms with E-state index in [0.717, 1.165) is 31.2 Å². The largest absolute Gasteiger partial charge is 0.493 e. The predicted octanol–water partition coefficient (Wildman–Crippen LogP) is 5.38. The molecule has 0 saturated heterocycles. The fourth-order valence-electron chi connectivity index (χ4n) is 4.10. The second-order valence-corrected chi connectivity index (χ2v) is 8.25. The van der Waals surface area contributed by atoms with Crippen LogP contribution in [0.15, 0.2) is 47.0 Å². The zero-order valence-electron chi connectivity index (χ0n) is 18.2. The summed E-state index contributed by atoms with van der Waals surface area (Å²) < 4.78 is 16.2. The summed E-state index contributed by atoms with van der Waals surface area (Å²) in [5, 5.41) is 4.66. The molecular formula is C24H26ClN3O4. The topological polar surface area (TPSA) is 77.7 Å². The minimum absolute atomic E-state index is 0.0785. The summed E-state index contributed by atoms with van der Waals surface area (Å²) in [5.74, 6) is 1.94. The Balaban J connectivity index is 1.59. The Kier molecular flexibility index (Phi) is 6.95. The van der Waals surface area contributed by atoms with Gasteiger partial charge in [0.15, 0.2) is 11.5 Å². The third kappa shape index (κ3) is 4.88. The maximum Gasteiger partial charge on any atom is 0.254 e. The average molecular weight is 456 g/mol. The third-order valence-electron chi connectivity index (χ3n) is 5.76. The molecule has 8 heteroatoms. The van der Waals surface area contributed by atoms with Gasteiger partial charge in [-0.25, -0.2) is 0 Å². The molecule has 1 aliphatic rings. The van der Waals surface area contributed by atoms with Crippen molar-refractivity contribution in [3.8, 4) is 22.9 Å². The van der Waals surface area contributed by atoms with Gasteiger partial charge in [0.25, 0.3) is 5.91 Å². The molecule has 0 atom stereocenters. The second kappa shape index (κ2) is 10.0. The molecule has 4 rings (SSSR count). The van der Waals surface area contributed by atoms with Crippen LogP contribution in [-0.2, 0) is 6.54 Å². The van der Waals surface area contributed by atoms with Crippen LogP contribution in [0.3, 0.4) is 0 Å². The minimum atomic E-state index is -0.0785. The molecule has 0 N–H and O–H groups in total. The zero-order chi connectivity index (χ0) is 22.5. The van der Waals surface area contributed by atoms with Crippen molar-refractivity contribution in [2.75, 3.05) is 14.2 Å². The summed E-state index contributed by atoms with van der Waals surface area (Å²) in [5.41, 5.74) is 1.30. The zero-order valence-corrected chi connectivity index (χ0v) is 19.0. The van der Waals surface area contributed by atoms with E-state index in [2.05, 4.69) is 10.1 Å². The molecule has 1 saturated carbocycles. The second-order valence-electron chi connectivity index (χ2n) is 7.82. The number of benzene rings is 2. The molecule has 7 nitrogen and oxygen atoms in total. The average Bonchev–Trinajstić information content (AvgIpc) is 3.31. The maximum absolute atomic E-state index is 13.4. The number of nitrogens with zero attached hydrogens (tertiary/aromatic N) is 3. The van der Waals surface area contributed by atoms with E-state index in [0.29, 0.717) is 33.8 Å². The van der Waals surface area contributed by atoms with Crippen molar-refractivity contribution >= 4 is 17.5 Å². The number of carbonyl (C=O) groups is 1. The lowest BCUT2D eigenvalue weighted by molar-refractivity contribution is 0.0586. The number of hydrogen-bond acceptors (Lipinski definition) is 6. The molecule has 0 aliphatic heterocycles. The summed E-state index contributed by atoms with van der Waals surface area (Å²) in [4.78, 5) is 19.8. The van der Waals surface area contributed by atoms with Crippen molar-refractivity contribution in [1.29, 1.82) is 0 Å². The van der Waals surface area contributed by atoms with Gasteiger partial charge < -0.3 is 18.9 Å². The highest BCUT2D eigenvalue weighted by atomic mass is 35.5. The van der Waals surface area contributed by atoms with Gasteiger partial charge in [0, 0.05) is 22.2 Å². The molecule has 3 aromatic rings. The first-order valence-corrected chi connectivity index (χ1v) is 11.1. The highest BCUT2D eigenvalue weighted by Gasteiger charge is 2.28. The van der Waals surface area contributed by atoms with Gasteiger partial charge in [-0.1, -0.05) is 42.1 Å². The summed E-state index contributed by atoms with van der Waals surface area (Å²) in [6.45, 7) is 0.246. The van der Waals surface area contributed by atoms with E-state index in [1.165, 1.54) is 6.42 Å². The van der Waals surface area contributed by atoms with Crippen LogP contribution in [0.2, 0.25) is 5.02 Å².